The minimum absolute atomic E-state index is 0.0653. The molecule has 4 nitrogen and oxygen atoms in total. The molecule has 0 N–H and O–H groups in total. The van der Waals surface area contributed by atoms with Crippen LogP contribution in [0.4, 0.5) is 0 Å². The van der Waals surface area contributed by atoms with E-state index in [2.05, 4.69) is 6.07 Å². The smallest absolute Gasteiger partial charge is 0.120 e. The summed E-state index contributed by atoms with van der Waals surface area (Å²) in [5.74, 6) is 0.0653. The van der Waals surface area contributed by atoms with E-state index in [1.54, 1.807) is 0 Å². The first kappa shape index (κ1) is 11.5. The lowest BCUT2D eigenvalue weighted by Crippen LogP contribution is -2.52. The Labute approximate surface area is 102 Å². The van der Waals surface area contributed by atoms with Gasteiger partial charge in [-0.25, -0.2) is 0 Å². The molecule has 3 saturated heterocycles. The number of nitriles is 1. The Kier molecular flexibility index (Phi) is 2.86. The Morgan fingerprint density at radius 2 is 2.35 bits per heavy atom. The van der Waals surface area contributed by atoms with Crippen LogP contribution in [0.15, 0.2) is 0 Å². The Hall–Kier alpha value is -0.630. The molecule has 4 heteroatoms. The summed E-state index contributed by atoms with van der Waals surface area (Å²) in [6.07, 6.45) is 4.48. The van der Waals surface area contributed by atoms with Crippen molar-refractivity contribution in [3.05, 3.63) is 0 Å². The molecule has 3 aliphatic heterocycles. The molecule has 2 bridgehead atoms. The molecule has 0 aromatic heterocycles. The van der Waals surface area contributed by atoms with E-state index >= 15 is 0 Å². The fourth-order valence-electron chi connectivity index (χ4n) is 3.36. The molecule has 0 aromatic rings. The topological polar surface area (TPSA) is 51.5 Å². The van der Waals surface area contributed by atoms with Crippen LogP contribution in [0.3, 0.4) is 0 Å². The van der Waals surface area contributed by atoms with Gasteiger partial charge < -0.3 is 14.2 Å². The lowest BCUT2D eigenvalue weighted by atomic mass is 9.85. The Morgan fingerprint density at radius 1 is 1.47 bits per heavy atom. The first-order valence-corrected chi connectivity index (χ1v) is 6.52. The fraction of sp³-hybridized carbons (Fsp3) is 0.923. The molecule has 2 unspecified atom stereocenters. The molecule has 1 spiro atoms. The van der Waals surface area contributed by atoms with Gasteiger partial charge in [0, 0.05) is 12.3 Å². The lowest BCUT2D eigenvalue weighted by molar-refractivity contribution is -0.185. The SMILES string of the molecule is C[C@@H](C#N)CC1CC[C@@H]2O[C@H]3COCC2(C3)O1. The maximum atomic E-state index is 8.87. The molecule has 94 valence electrons. The summed E-state index contributed by atoms with van der Waals surface area (Å²) in [6.45, 7) is 3.32. The van der Waals surface area contributed by atoms with Gasteiger partial charge in [0.25, 0.3) is 0 Å². The molecule has 0 radical (unpaired) electrons. The minimum atomic E-state index is -0.207. The van der Waals surface area contributed by atoms with Gasteiger partial charge in [-0.3, -0.25) is 0 Å². The summed E-state index contributed by atoms with van der Waals surface area (Å²) in [5, 5.41) is 8.87. The summed E-state index contributed by atoms with van der Waals surface area (Å²) < 4.78 is 17.8. The summed E-state index contributed by atoms with van der Waals surface area (Å²) in [7, 11) is 0. The molecule has 3 rings (SSSR count). The largest absolute Gasteiger partial charge is 0.376 e. The summed E-state index contributed by atoms with van der Waals surface area (Å²) in [4.78, 5) is 0. The molecular formula is C13H19NO3. The van der Waals surface area contributed by atoms with Crippen molar-refractivity contribution < 1.29 is 14.2 Å². The van der Waals surface area contributed by atoms with Gasteiger partial charge in [-0.2, -0.15) is 5.26 Å². The highest BCUT2D eigenvalue weighted by atomic mass is 16.6. The molecule has 17 heavy (non-hydrogen) atoms. The second-order valence-electron chi connectivity index (χ2n) is 5.61. The number of nitrogens with zero attached hydrogens (tertiary/aromatic N) is 1. The van der Waals surface area contributed by atoms with Crippen molar-refractivity contribution in [3.8, 4) is 6.07 Å². The van der Waals surface area contributed by atoms with E-state index in [-0.39, 0.29) is 29.8 Å². The minimum Gasteiger partial charge on any atom is -0.376 e. The average molecular weight is 237 g/mol. The van der Waals surface area contributed by atoms with Crippen molar-refractivity contribution in [3.63, 3.8) is 0 Å². The van der Waals surface area contributed by atoms with Crippen molar-refractivity contribution in [2.24, 2.45) is 5.92 Å². The number of rotatable bonds is 2. The second kappa shape index (κ2) is 4.24. The maximum absolute atomic E-state index is 8.87. The highest BCUT2D eigenvalue weighted by Gasteiger charge is 2.55. The number of fused-ring (bicyclic) bond motifs is 1. The molecule has 0 amide bonds. The highest BCUT2D eigenvalue weighted by molar-refractivity contribution is 5.04. The lowest BCUT2D eigenvalue weighted by Gasteiger charge is -2.42. The van der Waals surface area contributed by atoms with E-state index in [0.717, 1.165) is 25.7 Å². The van der Waals surface area contributed by atoms with E-state index in [1.807, 2.05) is 6.92 Å². The standard InChI is InChI=1S/C13H19NO3/c1-9(6-14)4-10-2-3-12-13(17-10)5-11(16-12)7-15-8-13/h9-12H,2-5,7-8H2,1H3/t9-,10?,11-,12+,13?/m1/s1. The van der Waals surface area contributed by atoms with E-state index in [9.17, 15) is 0 Å². The summed E-state index contributed by atoms with van der Waals surface area (Å²) in [6, 6.07) is 2.28. The maximum Gasteiger partial charge on any atom is 0.120 e. The van der Waals surface area contributed by atoms with Crippen molar-refractivity contribution >= 4 is 0 Å². The van der Waals surface area contributed by atoms with Gasteiger partial charge >= 0.3 is 0 Å². The fourth-order valence-corrected chi connectivity index (χ4v) is 3.36. The third kappa shape index (κ3) is 1.97. The van der Waals surface area contributed by atoms with Crippen molar-refractivity contribution in [2.45, 2.75) is 56.5 Å². The van der Waals surface area contributed by atoms with Gasteiger partial charge in [0.05, 0.1) is 37.6 Å². The number of ether oxygens (including phenoxy) is 3. The van der Waals surface area contributed by atoms with Crippen LogP contribution in [-0.4, -0.2) is 37.1 Å². The average Bonchev–Trinajstić information content (AvgIpc) is 2.58. The van der Waals surface area contributed by atoms with E-state index in [0.29, 0.717) is 13.2 Å². The number of hydrogen-bond donors (Lipinski definition) is 0. The predicted molar refractivity (Wildman–Crippen MR) is 60.3 cm³/mol. The normalized spacial score (nSPS) is 46.0. The van der Waals surface area contributed by atoms with Crippen LogP contribution in [0.2, 0.25) is 0 Å². The molecule has 0 aliphatic carbocycles. The molecule has 3 fully saturated rings. The van der Waals surface area contributed by atoms with Crippen LogP contribution in [0.5, 0.6) is 0 Å². The first-order chi connectivity index (χ1) is 8.22. The first-order valence-electron chi connectivity index (χ1n) is 6.52. The molecule has 5 atom stereocenters. The van der Waals surface area contributed by atoms with E-state index < -0.39 is 0 Å². The third-order valence-electron chi connectivity index (χ3n) is 4.16. The molecule has 3 heterocycles. The van der Waals surface area contributed by atoms with E-state index in [4.69, 9.17) is 19.5 Å². The molecule has 0 saturated carbocycles. The van der Waals surface area contributed by atoms with Crippen LogP contribution in [0.25, 0.3) is 0 Å². The van der Waals surface area contributed by atoms with Crippen LogP contribution in [-0.2, 0) is 14.2 Å². The molecule has 0 aromatic carbocycles. The monoisotopic (exact) mass is 237 g/mol. The zero-order chi connectivity index (χ0) is 11.9. The van der Waals surface area contributed by atoms with Crippen molar-refractivity contribution in [1.29, 1.82) is 5.26 Å². The zero-order valence-electron chi connectivity index (χ0n) is 10.2. The van der Waals surface area contributed by atoms with Crippen molar-refractivity contribution in [1.82, 2.24) is 0 Å². The Morgan fingerprint density at radius 3 is 3.18 bits per heavy atom. The second-order valence-corrected chi connectivity index (χ2v) is 5.61. The van der Waals surface area contributed by atoms with Crippen LogP contribution in [0.1, 0.15) is 32.6 Å². The van der Waals surface area contributed by atoms with Crippen LogP contribution in [0, 0.1) is 17.2 Å². The van der Waals surface area contributed by atoms with Gasteiger partial charge in [0.1, 0.15) is 5.60 Å². The Balaban J connectivity index is 1.69. The highest BCUT2D eigenvalue weighted by Crippen LogP contribution is 2.45. The summed E-state index contributed by atoms with van der Waals surface area (Å²) >= 11 is 0. The van der Waals surface area contributed by atoms with Gasteiger partial charge in [-0.15, -0.1) is 0 Å². The van der Waals surface area contributed by atoms with Crippen LogP contribution < -0.4 is 0 Å². The van der Waals surface area contributed by atoms with E-state index in [1.165, 1.54) is 0 Å². The molecule has 3 aliphatic rings. The van der Waals surface area contributed by atoms with Gasteiger partial charge in [-0.05, 0) is 26.2 Å². The third-order valence-corrected chi connectivity index (χ3v) is 4.16. The zero-order valence-corrected chi connectivity index (χ0v) is 10.2. The van der Waals surface area contributed by atoms with Gasteiger partial charge in [-0.1, -0.05) is 0 Å². The Bertz CT molecular complexity index is 340. The predicted octanol–water partition coefficient (Wildman–Crippen LogP) is 1.64. The van der Waals surface area contributed by atoms with Gasteiger partial charge in [0.15, 0.2) is 0 Å². The number of hydrogen-bond acceptors (Lipinski definition) is 4. The van der Waals surface area contributed by atoms with Gasteiger partial charge in [0.2, 0.25) is 0 Å². The molecular weight excluding hydrogens is 218 g/mol. The van der Waals surface area contributed by atoms with Crippen molar-refractivity contribution in [2.75, 3.05) is 13.2 Å². The van der Waals surface area contributed by atoms with Crippen LogP contribution >= 0.6 is 0 Å². The summed E-state index contributed by atoms with van der Waals surface area (Å²) in [5.41, 5.74) is -0.207. The quantitative estimate of drug-likeness (QED) is 0.732.